The van der Waals surface area contributed by atoms with Gasteiger partial charge in [-0.05, 0) is 55.2 Å². The minimum Gasteiger partial charge on any atom is -0.494 e. The topological polar surface area (TPSA) is 18.5 Å². The summed E-state index contributed by atoms with van der Waals surface area (Å²) < 4.78 is 11.7. The summed E-state index contributed by atoms with van der Waals surface area (Å²) in [5.41, 5.74) is 1.30. The number of alkyl halides is 1. The Balaban J connectivity index is 1.91. The zero-order valence-electron chi connectivity index (χ0n) is 15.7. The molecular formula is C22H31BrO2. The standard InChI is InChI=1S/C22H31BrO2/c1-3-20-21-13-12-19(24-4-2)17-18(21)11-14-22(20)25-16-10-8-6-5-7-9-15-23/h11-14,17H,3-10,15-16H2,1-2H3. The Hall–Kier alpha value is -1.22. The van der Waals surface area contributed by atoms with E-state index in [4.69, 9.17) is 9.47 Å². The van der Waals surface area contributed by atoms with Crippen molar-refractivity contribution < 1.29 is 9.47 Å². The number of aryl methyl sites for hydroxylation is 1. The molecule has 0 radical (unpaired) electrons. The third kappa shape index (κ3) is 6.22. The number of fused-ring (bicyclic) bond motifs is 1. The monoisotopic (exact) mass is 406 g/mol. The van der Waals surface area contributed by atoms with Gasteiger partial charge in [0.15, 0.2) is 0 Å². The van der Waals surface area contributed by atoms with E-state index in [-0.39, 0.29) is 0 Å². The van der Waals surface area contributed by atoms with Gasteiger partial charge in [-0.15, -0.1) is 0 Å². The van der Waals surface area contributed by atoms with E-state index >= 15 is 0 Å². The van der Waals surface area contributed by atoms with Crippen LogP contribution in [0, 0.1) is 0 Å². The van der Waals surface area contributed by atoms with E-state index in [1.807, 2.05) is 6.92 Å². The van der Waals surface area contributed by atoms with Gasteiger partial charge in [-0.1, -0.05) is 60.7 Å². The molecule has 25 heavy (non-hydrogen) atoms. The third-order valence-corrected chi connectivity index (χ3v) is 5.07. The second kappa shape index (κ2) is 11.4. The zero-order chi connectivity index (χ0) is 17.9. The molecular weight excluding hydrogens is 376 g/mol. The molecule has 138 valence electrons. The average molecular weight is 407 g/mol. The molecule has 2 aromatic carbocycles. The van der Waals surface area contributed by atoms with Crippen LogP contribution in [0.2, 0.25) is 0 Å². The van der Waals surface area contributed by atoms with Gasteiger partial charge < -0.3 is 9.47 Å². The molecule has 0 saturated carbocycles. The van der Waals surface area contributed by atoms with Gasteiger partial charge in [0, 0.05) is 10.9 Å². The molecule has 2 aromatic rings. The molecule has 0 bridgehead atoms. The van der Waals surface area contributed by atoms with Gasteiger partial charge >= 0.3 is 0 Å². The molecule has 3 heteroatoms. The van der Waals surface area contributed by atoms with E-state index < -0.39 is 0 Å². The summed E-state index contributed by atoms with van der Waals surface area (Å²) in [6, 6.07) is 10.6. The summed E-state index contributed by atoms with van der Waals surface area (Å²) in [4.78, 5) is 0. The molecule has 0 amide bonds. The minimum absolute atomic E-state index is 0.698. The van der Waals surface area contributed by atoms with Gasteiger partial charge in [-0.25, -0.2) is 0 Å². The van der Waals surface area contributed by atoms with Crippen LogP contribution in [0.3, 0.4) is 0 Å². The van der Waals surface area contributed by atoms with Gasteiger partial charge in [0.05, 0.1) is 13.2 Å². The lowest BCUT2D eigenvalue weighted by atomic mass is 10.0. The van der Waals surface area contributed by atoms with Crippen LogP contribution in [0.25, 0.3) is 10.8 Å². The molecule has 0 fully saturated rings. The van der Waals surface area contributed by atoms with Crippen LogP contribution in [-0.2, 0) is 6.42 Å². The molecule has 0 N–H and O–H groups in total. The fourth-order valence-corrected chi connectivity index (χ4v) is 3.59. The van der Waals surface area contributed by atoms with Gasteiger partial charge in [-0.2, -0.15) is 0 Å². The van der Waals surface area contributed by atoms with Crippen molar-refractivity contribution in [1.82, 2.24) is 0 Å². The van der Waals surface area contributed by atoms with Crippen LogP contribution in [-0.4, -0.2) is 18.5 Å². The summed E-state index contributed by atoms with van der Waals surface area (Å²) in [5, 5.41) is 3.63. The largest absolute Gasteiger partial charge is 0.494 e. The highest BCUT2D eigenvalue weighted by molar-refractivity contribution is 9.09. The maximum atomic E-state index is 6.10. The van der Waals surface area contributed by atoms with Gasteiger partial charge in [0.2, 0.25) is 0 Å². The van der Waals surface area contributed by atoms with E-state index in [1.54, 1.807) is 0 Å². The van der Waals surface area contributed by atoms with Crippen molar-refractivity contribution in [2.75, 3.05) is 18.5 Å². The Bertz CT molecular complexity index is 639. The Morgan fingerprint density at radius 2 is 1.60 bits per heavy atom. The first-order valence-corrected chi connectivity index (χ1v) is 10.8. The predicted molar refractivity (Wildman–Crippen MR) is 111 cm³/mol. The molecule has 0 unspecified atom stereocenters. The van der Waals surface area contributed by atoms with Crippen molar-refractivity contribution in [2.45, 2.75) is 58.8 Å². The average Bonchev–Trinajstić information content (AvgIpc) is 2.63. The molecule has 0 aliphatic heterocycles. The number of benzene rings is 2. The van der Waals surface area contributed by atoms with Gasteiger partial charge in [0.25, 0.3) is 0 Å². The summed E-state index contributed by atoms with van der Waals surface area (Å²) in [5.74, 6) is 1.98. The summed E-state index contributed by atoms with van der Waals surface area (Å²) in [7, 11) is 0. The first kappa shape index (κ1) is 20.1. The third-order valence-electron chi connectivity index (χ3n) is 4.51. The smallest absolute Gasteiger partial charge is 0.123 e. The molecule has 0 heterocycles. The molecule has 0 aromatic heterocycles. The van der Waals surface area contributed by atoms with Crippen molar-refractivity contribution >= 4 is 26.7 Å². The quantitative estimate of drug-likeness (QED) is 0.281. The van der Waals surface area contributed by atoms with E-state index in [0.717, 1.165) is 36.3 Å². The number of hydrogen-bond donors (Lipinski definition) is 0. The van der Waals surface area contributed by atoms with E-state index in [2.05, 4.69) is 53.2 Å². The number of unbranched alkanes of at least 4 members (excludes halogenated alkanes) is 5. The molecule has 2 nitrogen and oxygen atoms in total. The number of hydrogen-bond acceptors (Lipinski definition) is 2. The maximum absolute atomic E-state index is 6.10. The van der Waals surface area contributed by atoms with Crippen LogP contribution in [0.4, 0.5) is 0 Å². The van der Waals surface area contributed by atoms with Crippen molar-refractivity contribution in [3.63, 3.8) is 0 Å². The molecule has 0 atom stereocenters. The van der Waals surface area contributed by atoms with Crippen molar-refractivity contribution in [1.29, 1.82) is 0 Å². The molecule has 0 aliphatic rings. The van der Waals surface area contributed by atoms with E-state index in [0.29, 0.717) is 6.61 Å². The molecule has 2 rings (SSSR count). The van der Waals surface area contributed by atoms with E-state index in [1.165, 1.54) is 48.4 Å². The van der Waals surface area contributed by atoms with Crippen LogP contribution in [0.5, 0.6) is 11.5 Å². The Kier molecular flexibility index (Phi) is 9.17. The maximum Gasteiger partial charge on any atom is 0.123 e. The molecule has 0 spiro atoms. The summed E-state index contributed by atoms with van der Waals surface area (Å²) >= 11 is 3.48. The highest BCUT2D eigenvalue weighted by atomic mass is 79.9. The Morgan fingerprint density at radius 3 is 2.32 bits per heavy atom. The first-order valence-electron chi connectivity index (χ1n) is 9.67. The van der Waals surface area contributed by atoms with Crippen LogP contribution < -0.4 is 9.47 Å². The van der Waals surface area contributed by atoms with Crippen LogP contribution in [0.15, 0.2) is 30.3 Å². The fourth-order valence-electron chi connectivity index (χ4n) is 3.19. The molecule has 0 saturated heterocycles. The highest BCUT2D eigenvalue weighted by Gasteiger charge is 2.08. The fraction of sp³-hybridized carbons (Fsp3) is 0.545. The van der Waals surface area contributed by atoms with Crippen molar-refractivity contribution in [3.05, 3.63) is 35.9 Å². The normalized spacial score (nSPS) is 11.0. The summed E-state index contributed by atoms with van der Waals surface area (Å²) in [6.45, 7) is 5.72. The van der Waals surface area contributed by atoms with Crippen LogP contribution in [0.1, 0.15) is 57.9 Å². The Labute approximate surface area is 161 Å². The lowest BCUT2D eigenvalue weighted by molar-refractivity contribution is 0.302. The highest BCUT2D eigenvalue weighted by Crippen LogP contribution is 2.31. The second-order valence-corrected chi connectivity index (χ2v) is 7.16. The lowest BCUT2D eigenvalue weighted by Gasteiger charge is -2.14. The van der Waals surface area contributed by atoms with Crippen molar-refractivity contribution in [2.24, 2.45) is 0 Å². The SMILES string of the molecule is CCOc1ccc2c(CC)c(OCCCCCCCCBr)ccc2c1. The van der Waals surface area contributed by atoms with Crippen LogP contribution >= 0.6 is 15.9 Å². The lowest BCUT2D eigenvalue weighted by Crippen LogP contribution is -2.01. The van der Waals surface area contributed by atoms with Gasteiger partial charge in [0.1, 0.15) is 11.5 Å². The number of halogens is 1. The van der Waals surface area contributed by atoms with E-state index in [9.17, 15) is 0 Å². The predicted octanol–water partition coefficient (Wildman–Crippen LogP) is 6.92. The first-order chi connectivity index (χ1) is 12.3. The van der Waals surface area contributed by atoms with Gasteiger partial charge in [-0.3, -0.25) is 0 Å². The summed E-state index contributed by atoms with van der Waals surface area (Å²) in [6.07, 6.45) is 8.65. The molecule has 0 aliphatic carbocycles. The zero-order valence-corrected chi connectivity index (χ0v) is 17.2. The minimum atomic E-state index is 0.698. The second-order valence-electron chi connectivity index (χ2n) is 6.37. The van der Waals surface area contributed by atoms with Crippen molar-refractivity contribution in [3.8, 4) is 11.5 Å². The Morgan fingerprint density at radius 1 is 0.840 bits per heavy atom. The number of rotatable bonds is 12. The number of ether oxygens (including phenoxy) is 2.